The maximum absolute atomic E-state index is 12.9. The zero-order chi connectivity index (χ0) is 22.4. The van der Waals surface area contributed by atoms with E-state index in [1.165, 1.54) is 35.2 Å². The van der Waals surface area contributed by atoms with Gasteiger partial charge in [0.1, 0.15) is 4.34 Å². The van der Waals surface area contributed by atoms with Crippen molar-refractivity contribution in [2.75, 3.05) is 5.75 Å². The Morgan fingerprint density at radius 1 is 1.19 bits per heavy atom. The number of carbonyl (C=O) groups is 1. The first-order valence-corrected chi connectivity index (χ1v) is 13.1. The van der Waals surface area contributed by atoms with Gasteiger partial charge in [-0.15, -0.1) is 11.3 Å². The molecule has 0 aliphatic rings. The molecule has 31 heavy (non-hydrogen) atoms. The summed E-state index contributed by atoms with van der Waals surface area (Å²) >= 11 is 8.86. The molecule has 1 aromatic heterocycles. The molecule has 0 saturated carbocycles. The maximum atomic E-state index is 12.9. The average Bonchev–Trinajstić information content (AvgIpc) is 3.06. The van der Waals surface area contributed by atoms with Gasteiger partial charge in [-0.1, -0.05) is 53.7 Å². The lowest BCUT2D eigenvalue weighted by Gasteiger charge is -2.19. The van der Waals surface area contributed by atoms with Gasteiger partial charge in [0, 0.05) is 21.7 Å². The number of nitrogens with two attached hydrogens (primary N) is 1. The predicted octanol–water partition coefficient (Wildman–Crippen LogP) is 4.33. The molecular weight excluding hydrogens is 474 g/mol. The number of carbonyl (C=O) groups excluding carboxylic acids is 1. The number of nitrogens with zero attached hydrogens (tertiary/aromatic N) is 1. The van der Waals surface area contributed by atoms with E-state index in [0.717, 1.165) is 20.5 Å². The molecule has 1 atom stereocenters. The minimum Gasteiger partial charge on any atom is -0.369 e. The van der Waals surface area contributed by atoms with Crippen molar-refractivity contribution in [1.29, 1.82) is 0 Å². The maximum Gasteiger partial charge on any atom is 0.241 e. The molecule has 0 radical (unpaired) electrons. The summed E-state index contributed by atoms with van der Waals surface area (Å²) in [6.45, 7) is 1.85. The van der Waals surface area contributed by atoms with Crippen LogP contribution in [0.2, 0.25) is 5.02 Å². The highest BCUT2D eigenvalue weighted by atomic mass is 35.5. The van der Waals surface area contributed by atoms with Gasteiger partial charge >= 0.3 is 0 Å². The van der Waals surface area contributed by atoms with Crippen molar-refractivity contribution in [1.82, 2.24) is 9.71 Å². The minimum atomic E-state index is -3.72. The molecule has 0 aliphatic heterocycles. The Morgan fingerprint density at radius 3 is 2.52 bits per heavy atom. The van der Waals surface area contributed by atoms with Crippen LogP contribution >= 0.6 is 34.7 Å². The number of halogens is 1. The number of hydrogen-bond acceptors (Lipinski definition) is 6. The van der Waals surface area contributed by atoms with Gasteiger partial charge in [-0.3, -0.25) is 4.79 Å². The molecule has 164 valence electrons. The Balaban J connectivity index is 1.72. The second kappa shape index (κ2) is 10.6. The number of primary amides is 1. The quantitative estimate of drug-likeness (QED) is 0.407. The van der Waals surface area contributed by atoms with Gasteiger partial charge in [-0.2, -0.15) is 0 Å². The molecule has 1 amide bonds. The van der Waals surface area contributed by atoms with Crippen LogP contribution in [0.5, 0.6) is 0 Å². The number of rotatable bonds is 10. The summed E-state index contributed by atoms with van der Waals surface area (Å²) in [4.78, 5) is 16.7. The topological polar surface area (TPSA) is 102 Å². The van der Waals surface area contributed by atoms with E-state index < -0.39 is 16.1 Å². The van der Waals surface area contributed by atoms with E-state index in [4.69, 9.17) is 17.3 Å². The van der Waals surface area contributed by atoms with Crippen molar-refractivity contribution >= 4 is 50.6 Å². The number of sulfonamides is 1. The lowest BCUT2D eigenvalue weighted by Crippen LogP contribution is -2.29. The van der Waals surface area contributed by atoms with E-state index in [1.54, 1.807) is 12.1 Å². The van der Waals surface area contributed by atoms with Gasteiger partial charge in [0.05, 0.1) is 17.0 Å². The molecule has 0 bridgehead atoms. The monoisotopic (exact) mass is 495 g/mol. The summed E-state index contributed by atoms with van der Waals surface area (Å²) in [5.41, 5.74) is 6.96. The Labute approximate surface area is 195 Å². The first-order chi connectivity index (χ1) is 14.7. The van der Waals surface area contributed by atoms with Crippen LogP contribution in [0.15, 0.2) is 63.8 Å². The highest BCUT2D eigenvalue weighted by molar-refractivity contribution is 8.01. The van der Waals surface area contributed by atoms with Crippen LogP contribution in [0.4, 0.5) is 0 Å². The molecule has 1 heterocycles. The second-order valence-electron chi connectivity index (χ2n) is 6.81. The standard InChI is InChI=1S/C21H22ClN3O3S3/c1-14-19(13-20(23)26)30-21(24-14)29-12-11-18(15-5-3-2-4-6-15)25-31(27,28)17-9-7-16(22)8-10-17/h2-10,18,25H,11-13H2,1H3,(H2,23,26). The summed E-state index contributed by atoms with van der Waals surface area (Å²) in [6, 6.07) is 15.1. The fraction of sp³-hybridized carbons (Fsp3) is 0.238. The summed E-state index contributed by atoms with van der Waals surface area (Å²) in [5.74, 6) is 0.259. The normalized spacial score (nSPS) is 12.6. The molecule has 0 spiro atoms. The Kier molecular flexibility index (Phi) is 8.12. The fourth-order valence-corrected chi connectivity index (χ4v) is 6.60. The Bertz CT molecular complexity index is 1130. The van der Waals surface area contributed by atoms with Crippen molar-refractivity contribution in [3.63, 3.8) is 0 Å². The van der Waals surface area contributed by atoms with Crippen molar-refractivity contribution in [3.8, 4) is 0 Å². The summed E-state index contributed by atoms with van der Waals surface area (Å²) in [5, 5.41) is 0.476. The fourth-order valence-electron chi connectivity index (χ4n) is 2.90. The van der Waals surface area contributed by atoms with Crippen LogP contribution in [0.25, 0.3) is 0 Å². The number of thiazole rings is 1. The molecule has 3 aromatic rings. The second-order valence-corrected chi connectivity index (χ2v) is 11.4. The third-order valence-electron chi connectivity index (χ3n) is 4.46. The van der Waals surface area contributed by atoms with Crippen LogP contribution in [0.1, 0.15) is 28.6 Å². The molecule has 0 aliphatic carbocycles. The van der Waals surface area contributed by atoms with Gasteiger partial charge in [-0.05, 0) is 43.2 Å². The molecule has 3 rings (SSSR count). The predicted molar refractivity (Wildman–Crippen MR) is 126 cm³/mol. The Hall–Kier alpha value is -1.91. The van der Waals surface area contributed by atoms with Gasteiger partial charge in [0.2, 0.25) is 15.9 Å². The lowest BCUT2D eigenvalue weighted by atomic mass is 10.1. The first-order valence-electron chi connectivity index (χ1n) is 9.45. The molecule has 0 fully saturated rings. The zero-order valence-electron chi connectivity index (χ0n) is 16.7. The number of thioether (sulfide) groups is 1. The van der Waals surface area contributed by atoms with Gasteiger partial charge < -0.3 is 5.73 Å². The van der Waals surface area contributed by atoms with Crippen LogP contribution in [0, 0.1) is 6.92 Å². The summed E-state index contributed by atoms with van der Waals surface area (Å²) in [6.07, 6.45) is 0.739. The lowest BCUT2D eigenvalue weighted by molar-refractivity contribution is -0.117. The van der Waals surface area contributed by atoms with E-state index in [1.807, 2.05) is 37.3 Å². The largest absolute Gasteiger partial charge is 0.369 e. The summed E-state index contributed by atoms with van der Waals surface area (Å²) < 4.78 is 29.4. The van der Waals surface area contributed by atoms with E-state index >= 15 is 0 Å². The zero-order valence-corrected chi connectivity index (χ0v) is 20.0. The molecular formula is C21H22ClN3O3S3. The van der Waals surface area contributed by atoms with Crippen LogP contribution in [-0.2, 0) is 21.2 Å². The summed E-state index contributed by atoms with van der Waals surface area (Å²) in [7, 11) is -3.72. The van der Waals surface area contributed by atoms with Crippen LogP contribution < -0.4 is 10.5 Å². The van der Waals surface area contributed by atoms with Crippen LogP contribution in [0.3, 0.4) is 0 Å². The molecule has 2 aromatic carbocycles. The van der Waals surface area contributed by atoms with Crippen LogP contribution in [-0.4, -0.2) is 25.1 Å². The van der Waals surface area contributed by atoms with Crippen molar-refractivity contribution in [3.05, 3.63) is 75.8 Å². The third-order valence-corrected chi connectivity index (χ3v) is 8.54. The number of hydrogen-bond donors (Lipinski definition) is 2. The van der Waals surface area contributed by atoms with E-state index in [2.05, 4.69) is 9.71 Å². The average molecular weight is 496 g/mol. The molecule has 10 heteroatoms. The highest BCUT2D eigenvalue weighted by Crippen LogP contribution is 2.30. The third kappa shape index (κ3) is 6.78. The van der Waals surface area contributed by atoms with E-state index in [-0.39, 0.29) is 17.2 Å². The highest BCUT2D eigenvalue weighted by Gasteiger charge is 2.22. The molecule has 6 nitrogen and oxygen atoms in total. The molecule has 1 unspecified atom stereocenters. The SMILES string of the molecule is Cc1nc(SCCC(NS(=O)(=O)c2ccc(Cl)cc2)c2ccccc2)sc1CC(N)=O. The molecule has 0 saturated heterocycles. The van der Waals surface area contributed by atoms with Crippen molar-refractivity contribution in [2.24, 2.45) is 5.73 Å². The Morgan fingerprint density at radius 2 is 1.87 bits per heavy atom. The van der Waals surface area contributed by atoms with E-state index in [9.17, 15) is 13.2 Å². The van der Waals surface area contributed by atoms with Gasteiger partial charge in [0.25, 0.3) is 0 Å². The van der Waals surface area contributed by atoms with Gasteiger partial charge in [0.15, 0.2) is 0 Å². The number of aryl methyl sites for hydroxylation is 1. The molecule has 3 N–H and O–H groups in total. The smallest absolute Gasteiger partial charge is 0.241 e. The first kappa shape index (κ1) is 23.7. The number of benzene rings is 2. The van der Waals surface area contributed by atoms with Crippen molar-refractivity contribution < 1.29 is 13.2 Å². The number of nitrogens with one attached hydrogen (secondary N) is 1. The number of aromatic nitrogens is 1. The van der Waals surface area contributed by atoms with Crippen molar-refractivity contribution in [2.45, 2.75) is 35.0 Å². The number of amides is 1. The van der Waals surface area contributed by atoms with E-state index in [0.29, 0.717) is 17.2 Å². The van der Waals surface area contributed by atoms with Gasteiger partial charge in [-0.25, -0.2) is 18.1 Å². The minimum absolute atomic E-state index is 0.164.